The summed E-state index contributed by atoms with van der Waals surface area (Å²) in [6.07, 6.45) is 5.63. The van der Waals surface area contributed by atoms with Crippen molar-refractivity contribution in [3.8, 4) is 0 Å². The van der Waals surface area contributed by atoms with Gasteiger partial charge in [-0.15, -0.1) is 0 Å². The van der Waals surface area contributed by atoms with Crippen LogP contribution in [0.4, 0.5) is 5.82 Å². The molecule has 1 aromatic heterocycles. The van der Waals surface area contributed by atoms with Gasteiger partial charge in [-0.2, -0.15) is 0 Å². The van der Waals surface area contributed by atoms with Crippen LogP contribution in [0.2, 0.25) is 5.02 Å². The molecule has 2 unspecified atom stereocenters. The van der Waals surface area contributed by atoms with Gasteiger partial charge < -0.3 is 10.2 Å². The summed E-state index contributed by atoms with van der Waals surface area (Å²) in [6, 6.07) is 4.68. The zero-order valence-corrected chi connectivity index (χ0v) is 10.7. The number of piperidine rings is 2. The van der Waals surface area contributed by atoms with Crippen LogP contribution < -0.4 is 10.2 Å². The maximum absolute atomic E-state index is 5.87. The molecular formula is C13H18ClN3. The van der Waals surface area contributed by atoms with Crippen molar-refractivity contribution in [2.45, 2.75) is 25.3 Å². The molecule has 2 atom stereocenters. The zero-order valence-electron chi connectivity index (χ0n) is 9.90. The summed E-state index contributed by atoms with van der Waals surface area (Å²) in [5, 5.41) is 4.35. The molecule has 4 heteroatoms. The number of nitrogens with zero attached hydrogens (tertiary/aromatic N) is 2. The third-order valence-corrected chi connectivity index (χ3v) is 4.15. The average Bonchev–Trinajstić information content (AvgIpc) is 2.39. The quantitative estimate of drug-likeness (QED) is 0.830. The van der Waals surface area contributed by atoms with Gasteiger partial charge in [0.15, 0.2) is 0 Å². The standard InChI is InChI=1S/C13H18ClN3/c14-11-3-4-13(16-8-11)17-7-5-12-10(9-17)2-1-6-15-12/h3-4,8,10,12,15H,1-2,5-7,9H2. The Hall–Kier alpha value is -0.800. The second-order valence-corrected chi connectivity index (χ2v) is 5.47. The minimum atomic E-state index is 0.711. The molecule has 0 radical (unpaired) electrons. The first-order valence-corrected chi connectivity index (χ1v) is 6.80. The predicted octanol–water partition coefficient (Wildman–Crippen LogP) is 2.31. The molecule has 0 spiro atoms. The predicted molar refractivity (Wildman–Crippen MR) is 70.6 cm³/mol. The molecular weight excluding hydrogens is 234 g/mol. The lowest BCUT2D eigenvalue weighted by atomic mass is 9.85. The molecule has 2 aliphatic heterocycles. The minimum absolute atomic E-state index is 0.711. The first-order chi connectivity index (χ1) is 8.33. The number of pyridine rings is 1. The van der Waals surface area contributed by atoms with Crippen molar-refractivity contribution in [3.05, 3.63) is 23.4 Å². The van der Waals surface area contributed by atoms with E-state index in [2.05, 4.69) is 15.2 Å². The highest BCUT2D eigenvalue weighted by Crippen LogP contribution is 2.27. The maximum atomic E-state index is 5.87. The van der Waals surface area contributed by atoms with Crippen molar-refractivity contribution in [2.75, 3.05) is 24.5 Å². The maximum Gasteiger partial charge on any atom is 0.128 e. The van der Waals surface area contributed by atoms with Crippen LogP contribution in [0.5, 0.6) is 0 Å². The molecule has 0 bridgehead atoms. The first kappa shape index (κ1) is 11.3. The zero-order chi connectivity index (χ0) is 11.7. The monoisotopic (exact) mass is 251 g/mol. The van der Waals surface area contributed by atoms with E-state index in [0.717, 1.165) is 30.9 Å². The van der Waals surface area contributed by atoms with Gasteiger partial charge in [0, 0.05) is 25.3 Å². The van der Waals surface area contributed by atoms with E-state index < -0.39 is 0 Å². The fraction of sp³-hybridized carbons (Fsp3) is 0.615. The number of anilines is 1. The lowest BCUT2D eigenvalue weighted by molar-refractivity contribution is 0.244. The molecule has 3 nitrogen and oxygen atoms in total. The van der Waals surface area contributed by atoms with Gasteiger partial charge in [0.05, 0.1) is 5.02 Å². The Morgan fingerprint density at radius 3 is 3.12 bits per heavy atom. The van der Waals surface area contributed by atoms with Gasteiger partial charge in [0.2, 0.25) is 0 Å². The van der Waals surface area contributed by atoms with Gasteiger partial charge in [0.1, 0.15) is 5.82 Å². The highest BCUT2D eigenvalue weighted by Gasteiger charge is 2.31. The largest absolute Gasteiger partial charge is 0.356 e. The third-order valence-electron chi connectivity index (χ3n) is 3.93. The Labute approximate surface area is 107 Å². The first-order valence-electron chi connectivity index (χ1n) is 6.43. The summed E-state index contributed by atoms with van der Waals surface area (Å²) >= 11 is 5.87. The van der Waals surface area contributed by atoms with Crippen molar-refractivity contribution in [3.63, 3.8) is 0 Å². The Morgan fingerprint density at radius 1 is 1.35 bits per heavy atom. The van der Waals surface area contributed by atoms with Crippen molar-refractivity contribution in [2.24, 2.45) is 5.92 Å². The number of halogens is 1. The van der Waals surface area contributed by atoms with Crippen LogP contribution in [0.3, 0.4) is 0 Å². The molecule has 3 rings (SSSR count). The van der Waals surface area contributed by atoms with Gasteiger partial charge >= 0.3 is 0 Å². The number of nitrogens with one attached hydrogen (secondary N) is 1. The van der Waals surface area contributed by atoms with E-state index in [4.69, 9.17) is 11.6 Å². The summed E-state index contributed by atoms with van der Waals surface area (Å²) in [4.78, 5) is 6.81. The molecule has 0 amide bonds. The van der Waals surface area contributed by atoms with Crippen LogP contribution in [0.15, 0.2) is 18.3 Å². The molecule has 2 aliphatic rings. The highest BCUT2D eigenvalue weighted by atomic mass is 35.5. The molecule has 92 valence electrons. The Morgan fingerprint density at radius 2 is 2.29 bits per heavy atom. The van der Waals surface area contributed by atoms with Gasteiger partial charge in [0.25, 0.3) is 0 Å². The van der Waals surface area contributed by atoms with Gasteiger partial charge in [-0.25, -0.2) is 4.98 Å². The smallest absolute Gasteiger partial charge is 0.128 e. The molecule has 1 N–H and O–H groups in total. The van der Waals surface area contributed by atoms with Crippen molar-refractivity contribution in [1.29, 1.82) is 0 Å². The van der Waals surface area contributed by atoms with Crippen LogP contribution in [0.25, 0.3) is 0 Å². The lowest BCUT2D eigenvalue weighted by Crippen LogP contribution is -2.52. The van der Waals surface area contributed by atoms with Gasteiger partial charge in [-0.3, -0.25) is 0 Å². The van der Waals surface area contributed by atoms with Gasteiger partial charge in [-0.05, 0) is 43.9 Å². The SMILES string of the molecule is Clc1ccc(N2CCC3NCCCC3C2)nc1. The number of rotatable bonds is 1. The van der Waals surface area contributed by atoms with E-state index in [1.807, 2.05) is 12.1 Å². The van der Waals surface area contributed by atoms with E-state index in [9.17, 15) is 0 Å². The molecule has 0 aromatic carbocycles. The summed E-state index contributed by atoms with van der Waals surface area (Å²) in [7, 11) is 0. The number of fused-ring (bicyclic) bond motifs is 1. The average molecular weight is 252 g/mol. The minimum Gasteiger partial charge on any atom is -0.356 e. The van der Waals surface area contributed by atoms with E-state index in [1.165, 1.54) is 25.8 Å². The van der Waals surface area contributed by atoms with Crippen LogP contribution >= 0.6 is 11.6 Å². The van der Waals surface area contributed by atoms with E-state index in [1.54, 1.807) is 6.20 Å². The van der Waals surface area contributed by atoms with E-state index in [0.29, 0.717) is 5.02 Å². The van der Waals surface area contributed by atoms with E-state index in [-0.39, 0.29) is 0 Å². The van der Waals surface area contributed by atoms with Crippen LogP contribution in [0, 0.1) is 5.92 Å². The third kappa shape index (κ3) is 2.40. The van der Waals surface area contributed by atoms with Crippen LogP contribution in [-0.4, -0.2) is 30.7 Å². The fourth-order valence-corrected chi connectivity index (χ4v) is 3.12. The molecule has 2 fully saturated rings. The molecule has 17 heavy (non-hydrogen) atoms. The summed E-state index contributed by atoms with van der Waals surface area (Å²) in [5.74, 6) is 1.86. The molecule has 0 saturated carbocycles. The summed E-state index contributed by atoms with van der Waals surface area (Å²) in [5.41, 5.74) is 0. The second kappa shape index (κ2) is 4.83. The Kier molecular flexibility index (Phi) is 3.21. The van der Waals surface area contributed by atoms with E-state index >= 15 is 0 Å². The van der Waals surface area contributed by atoms with Crippen LogP contribution in [0.1, 0.15) is 19.3 Å². The highest BCUT2D eigenvalue weighted by molar-refractivity contribution is 6.30. The topological polar surface area (TPSA) is 28.2 Å². The van der Waals surface area contributed by atoms with Crippen LogP contribution in [-0.2, 0) is 0 Å². The second-order valence-electron chi connectivity index (χ2n) is 5.03. The molecule has 0 aliphatic carbocycles. The Balaban J connectivity index is 1.71. The molecule has 2 saturated heterocycles. The van der Waals surface area contributed by atoms with Gasteiger partial charge in [-0.1, -0.05) is 11.6 Å². The molecule has 1 aromatic rings. The van der Waals surface area contributed by atoms with Crippen molar-refractivity contribution in [1.82, 2.24) is 10.3 Å². The van der Waals surface area contributed by atoms with Crippen molar-refractivity contribution >= 4 is 17.4 Å². The molecule has 3 heterocycles. The van der Waals surface area contributed by atoms with Crippen molar-refractivity contribution < 1.29 is 0 Å². The number of hydrogen-bond acceptors (Lipinski definition) is 3. The summed E-state index contributed by atoms with van der Waals surface area (Å²) < 4.78 is 0. The normalized spacial score (nSPS) is 28.9. The fourth-order valence-electron chi connectivity index (χ4n) is 3.01. The number of hydrogen-bond donors (Lipinski definition) is 1. The lowest BCUT2D eigenvalue weighted by Gasteiger charge is -2.42. The number of aromatic nitrogens is 1. The Bertz CT molecular complexity index is 379. The summed E-state index contributed by atoms with van der Waals surface area (Å²) in [6.45, 7) is 3.43.